The van der Waals surface area contributed by atoms with Crippen LogP contribution in [0.2, 0.25) is 0 Å². The van der Waals surface area contributed by atoms with E-state index in [0.717, 1.165) is 27.8 Å². The molecule has 0 radical (unpaired) electrons. The van der Waals surface area contributed by atoms with Gasteiger partial charge in [0.1, 0.15) is 6.54 Å². The molecule has 0 saturated carbocycles. The minimum atomic E-state index is -1.14. The molecule has 0 saturated heterocycles. The Morgan fingerprint density at radius 3 is 2.58 bits per heavy atom. The summed E-state index contributed by atoms with van der Waals surface area (Å²) in [5.74, 6) is -4.27. The molecular weight excluding hydrogens is 354 g/mol. The minimum Gasteiger partial charge on any atom is -0.481 e. The predicted molar refractivity (Wildman–Crippen MR) is 82.9 cm³/mol. The third-order valence-corrected chi connectivity index (χ3v) is 3.42. The first-order valence-corrected chi connectivity index (χ1v) is 7.37. The fraction of sp³-hybridized carbons (Fsp3) is 0.267. The Bertz CT molecular complexity index is 839. The summed E-state index contributed by atoms with van der Waals surface area (Å²) < 4.78 is 27.4. The molecule has 0 aliphatic carbocycles. The standard InChI is InChI=1S/C15H14F2N4O5/c16-11-2-1-10(7-12(11)17)8-19(5-4-15(23)24)14(22)9-20-6-3-13(18-20)21(25)26/h1-3,6-7H,4-5,8-9H2,(H,23,24). The van der Waals surface area contributed by atoms with Crippen molar-refractivity contribution in [2.45, 2.75) is 19.5 Å². The van der Waals surface area contributed by atoms with Crippen molar-refractivity contribution in [3.05, 3.63) is 57.8 Å². The summed E-state index contributed by atoms with van der Waals surface area (Å²) in [5.41, 5.74) is 0.272. The van der Waals surface area contributed by atoms with E-state index in [2.05, 4.69) is 5.10 Å². The van der Waals surface area contributed by atoms with Crippen LogP contribution in [0, 0.1) is 21.7 Å². The normalized spacial score (nSPS) is 10.5. The van der Waals surface area contributed by atoms with Gasteiger partial charge in [-0.3, -0.25) is 9.59 Å². The second-order valence-electron chi connectivity index (χ2n) is 5.34. The summed E-state index contributed by atoms with van der Waals surface area (Å²) in [6, 6.07) is 4.21. The van der Waals surface area contributed by atoms with Gasteiger partial charge in [-0.05, 0) is 22.6 Å². The van der Waals surface area contributed by atoms with Crippen LogP contribution in [0.5, 0.6) is 0 Å². The lowest BCUT2D eigenvalue weighted by Crippen LogP contribution is -2.35. The number of rotatable bonds is 8. The maximum absolute atomic E-state index is 13.3. The predicted octanol–water partition coefficient (Wildman–Crippen LogP) is 1.57. The Morgan fingerprint density at radius 2 is 2.00 bits per heavy atom. The third kappa shape index (κ3) is 5.06. The van der Waals surface area contributed by atoms with Crippen LogP contribution in [0.1, 0.15) is 12.0 Å². The first-order valence-electron chi connectivity index (χ1n) is 7.37. The van der Waals surface area contributed by atoms with Gasteiger partial charge in [0.25, 0.3) is 0 Å². The molecule has 2 rings (SSSR count). The molecule has 2 aromatic rings. The molecule has 0 aliphatic heterocycles. The molecule has 1 aromatic carbocycles. The van der Waals surface area contributed by atoms with Crippen molar-refractivity contribution in [1.82, 2.24) is 14.7 Å². The number of carboxylic acids is 1. The Kier molecular flexibility index (Phi) is 5.94. The summed E-state index contributed by atoms with van der Waals surface area (Å²) in [4.78, 5) is 34.2. The fourth-order valence-corrected chi connectivity index (χ4v) is 2.16. The molecule has 9 nitrogen and oxygen atoms in total. The number of carbonyl (C=O) groups excluding carboxylic acids is 1. The number of aromatic nitrogens is 2. The van der Waals surface area contributed by atoms with Crippen LogP contribution in [-0.4, -0.2) is 43.1 Å². The molecule has 11 heteroatoms. The summed E-state index contributed by atoms with van der Waals surface area (Å²) in [7, 11) is 0. The Balaban J connectivity index is 2.13. The van der Waals surface area contributed by atoms with Crippen molar-refractivity contribution in [2.24, 2.45) is 0 Å². The van der Waals surface area contributed by atoms with Crippen molar-refractivity contribution in [3.63, 3.8) is 0 Å². The van der Waals surface area contributed by atoms with Crippen LogP contribution in [-0.2, 0) is 22.7 Å². The topological polar surface area (TPSA) is 119 Å². The van der Waals surface area contributed by atoms with Gasteiger partial charge in [0.2, 0.25) is 5.91 Å². The maximum atomic E-state index is 13.3. The zero-order chi connectivity index (χ0) is 19.3. The van der Waals surface area contributed by atoms with E-state index < -0.39 is 34.3 Å². The van der Waals surface area contributed by atoms with Crippen LogP contribution in [0.25, 0.3) is 0 Å². The average Bonchev–Trinajstić information content (AvgIpc) is 3.03. The molecule has 0 unspecified atom stereocenters. The lowest BCUT2D eigenvalue weighted by atomic mass is 10.2. The number of halogens is 2. The van der Waals surface area contributed by atoms with Crippen LogP contribution < -0.4 is 0 Å². The summed E-state index contributed by atoms with van der Waals surface area (Å²) in [6.45, 7) is -0.680. The Labute approximate surface area is 145 Å². The first kappa shape index (κ1) is 19.0. The van der Waals surface area contributed by atoms with Crippen LogP contribution in [0.4, 0.5) is 14.6 Å². The number of amides is 1. The van der Waals surface area contributed by atoms with Crippen molar-refractivity contribution in [2.75, 3.05) is 6.54 Å². The van der Waals surface area contributed by atoms with Crippen LogP contribution in [0.15, 0.2) is 30.5 Å². The Morgan fingerprint density at radius 1 is 1.27 bits per heavy atom. The van der Waals surface area contributed by atoms with Crippen molar-refractivity contribution >= 4 is 17.7 Å². The van der Waals surface area contributed by atoms with Gasteiger partial charge < -0.3 is 20.1 Å². The van der Waals surface area contributed by atoms with Gasteiger partial charge in [-0.15, -0.1) is 0 Å². The van der Waals surface area contributed by atoms with Gasteiger partial charge in [-0.2, -0.15) is 4.68 Å². The molecule has 0 atom stereocenters. The number of hydrogen-bond donors (Lipinski definition) is 1. The van der Waals surface area contributed by atoms with E-state index in [1.54, 1.807) is 0 Å². The maximum Gasteiger partial charge on any atom is 0.389 e. The second-order valence-corrected chi connectivity index (χ2v) is 5.34. The van der Waals surface area contributed by atoms with E-state index in [1.165, 1.54) is 12.3 Å². The SMILES string of the molecule is O=C(O)CCN(Cc1ccc(F)c(F)c1)C(=O)Cn1ccc([N+](=O)[O-])n1. The second kappa shape index (κ2) is 8.14. The molecule has 26 heavy (non-hydrogen) atoms. The smallest absolute Gasteiger partial charge is 0.389 e. The number of hydrogen-bond acceptors (Lipinski definition) is 5. The van der Waals surface area contributed by atoms with Gasteiger partial charge in [-0.1, -0.05) is 6.07 Å². The molecule has 1 heterocycles. The first-order chi connectivity index (χ1) is 12.3. The summed E-state index contributed by atoms with van der Waals surface area (Å²) >= 11 is 0. The zero-order valence-electron chi connectivity index (χ0n) is 13.3. The molecule has 1 amide bonds. The highest BCUT2D eigenvalue weighted by Crippen LogP contribution is 2.12. The van der Waals surface area contributed by atoms with E-state index in [4.69, 9.17) is 5.11 Å². The molecular formula is C15H14F2N4O5. The number of nitro groups is 1. The number of nitrogens with zero attached hydrogens (tertiary/aromatic N) is 4. The van der Waals surface area contributed by atoms with Gasteiger partial charge in [0, 0.05) is 13.1 Å². The Hall–Kier alpha value is -3.37. The van der Waals surface area contributed by atoms with Crippen molar-refractivity contribution in [1.29, 1.82) is 0 Å². The van der Waals surface area contributed by atoms with E-state index in [0.29, 0.717) is 0 Å². The summed E-state index contributed by atoms with van der Waals surface area (Å²) in [6.07, 6.45) is 0.887. The number of carboxylic acid groups (broad SMARTS) is 1. The largest absolute Gasteiger partial charge is 0.481 e. The average molecular weight is 368 g/mol. The molecule has 1 N–H and O–H groups in total. The van der Waals surface area contributed by atoms with Crippen LogP contribution in [0.3, 0.4) is 0 Å². The fourth-order valence-electron chi connectivity index (χ4n) is 2.16. The minimum absolute atomic E-state index is 0.146. The number of aliphatic carboxylic acids is 1. The highest BCUT2D eigenvalue weighted by Gasteiger charge is 2.20. The van der Waals surface area contributed by atoms with Gasteiger partial charge in [-0.25, -0.2) is 8.78 Å². The molecule has 0 aliphatic rings. The molecule has 0 bridgehead atoms. The van der Waals surface area contributed by atoms with Gasteiger partial charge in [0.05, 0.1) is 23.8 Å². The molecule has 0 fully saturated rings. The van der Waals surface area contributed by atoms with E-state index in [1.807, 2.05) is 0 Å². The lowest BCUT2D eigenvalue weighted by molar-refractivity contribution is -0.389. The van der Waals surface area contributed by atoms with Crippen molar-refractivity contribution in [3.8, 4) is 0 Å². The summed E-state index contributed by atoms with van der Waals surface area (Å²) in [5, 5.41) is 23.0. The third-order valence-electron chi connectivity index (χ3n) is 3.42. The van der Waals surface area contributed by atoms with Crippen LogP contribution >= 0.6 is 0 Å². The quantitative estimate of drug-likeness (QED) is 0.558. The highest BCUT2D eigenvalue weighted by atomic mass is 19.2. The molecule has 138 valence electrons. The molecule has 0 spiro atoms. The number of benzene rings is 1. The lowest BCUT2D eigenvalue weighted by Gasteiger charge is -2.21. The van der Waals surface area contributed by atoms with Crippen molar-refractivity contribution < 1.29 is 28.4 Å². The zero-order valence-corrected chi connectivity index (χ0v) is 13.3. The van der Waals surface area contributed by atoms with E-state index in [-0.39, 0.29) is 31.6 Å². The monoisotopic (exact) mass is 368 g/mol. The van der Waals surface area contributed by atoms with E-state index >= 15 is 0 Å². The van der Waals surface area contributed by atoms with E-state index in [9.17, 15) is 28.5 Å². The highest BCUT2D eigenvalue weighted by molar-refractivity contribution is 5.76. The number of carbonyl (C=O) groups is 2. The molecule has 1 aromatic heterocycles. The van der Waals surface area contributed by atoms with Gasteiger partial charge >= 0.3 is 11.8 Å². The van der Waals surface area contributed by atoms with Gasteiger partial charge in [0.15, 0.2) is 11.6 Å².